The highest BCUT2D eigenvalue weighted by molar-refractivity contribution is 5.01. The zero-order chi connectivity index (χ0) is 12.5. The zero-order valence-electron chi connectivity index (χ0n) is 11.6. The Bertz CT molecular complexity index is 398. The predicted molar refractivity (Wildman–Crippen MR) is 73.1 cm³/mol. The van der Waals surface area contributed by atoms with Gasteiger partial charge in [0.2, 0.25) is 0 Å². The molecule has 2 fully saturated rings. The van der Waals surface area contributed by atoms with E-state index < -0.39 is 0 Å². The third-order valence-corrected chi connectivity index (χ3v) is 5.14. The normalized spacial score (nSPS) is 32.0. The molecule has 1 aromatic heterocycles. The lowest BCUT2D eigenvalue weighted by atomic mass is 9.84. The van der Waals surface area contributed by atoms with E-state index in [1.807, 2.05) is 6.20 Å². The number of aromatic nitrogens is 2. The number of fused-ring (bicyclic) bond motifs is 2. The van der Waals surface area contributed by atoms with E-state index in [0.29, 0.717) is 6.04 Å². The van der Waals surface area contributed by atoms with Crippen LogP contribution in [0.5, 0.6) is 0 Å². The summed E-state index contributed by atoms with van der Waals surface area (Å²) >= 11 is 0. The van der Waals surface area contributed by atoms with Gasteiger partial charge in [-0.2, -0.15) is 5.10 Å². The number of hydrogen-bond donors (Lipinski definition) is 1. The van der Waals surface area contributed by atoms with Crippen molar-refractivity contribution in [2.75, 3.05) is 0 Å². The minimum atomic E-state index is 0.653. The Morgan fingerprint density at radius 1 is 1.44 bits per heavy atom. The van der Waals surface area contributed by atoms with Gasteiger partial charge in [0.25, 0.3) is 0 Å². The summed E-state index contributed by atoms with van der Waals surface area (Å²) in [5.74, 6) is 2.97. The largest absolute Gasteiger partial charge is 0.308 e. The lowest BCUT2D eigenvalue weighted by Gasteiger charge is -2.28. The molecule has 4 atom stereocenters. The molecule has 2 saturated carbocycles. The quantitative estimate of drug-likeness (QED) is 0.867. The maximum atomic E-state index is 4.32. The van der Waals surface area contributed by atoms with Crippen LogP contribution in [0.1, 0.15) is 45.2 Å². The molecule has 1 aromatic rings. The fourth-order valence-electron chi connectivity index (χ4n) is 4.12. The minimum Gasteiger partial charge on any atom is -0.308 e. The van der Waals surface area contributed by atoms with E-state index in [2.05, 4.69) is 35.0 Å². The predicted octanol–water partition coefficient (Wildman–Crippen LogP) is 2.82. The fourth-order valence-corrected chi connectivity index (χ4v) is 4.12. The Morgan fingerprint density at radius 2 is 2.33 bits per heavy atom. The third-order valence-electron chi connectivity index (χ3n) is 5.14. The van der Waals surface area contributed by atoms with Crippen molar-refractivity contribution in [3.8, 4) is 0 Å². The molecule has 2 bridgehead atoms. The summed E-state index contributed by atoms with van der Waals surface area (Å²) in [6.45, 7) is 6.45. The average Bonchev–Trinajstić information content (AvgIpc) is 3.10. The molecule has 4 unspecified atom stereocenters. The first kappa shape index (κ1) is 12.2. The first-order valence-corrected chi connectivity index (χ1v) is 7.52. The summed E-state index contributed by atoms with van der Waals surface area (Å²) in [5, 5.41) is 8.05. The van der Waals surface area contributed by atoms with E-state index >= 15 is 0 Å². The Labute approximate surface area is 110 Å². The van der Waals surface area contributed by atoms with E-state index in [4.69, 9.17) is 0 Å². The highest BCUT2D eigenvalue weighted by Gasteiger charge is 2.41. The molecule has 0 radical (unpaired) electrons. The van der Waals surface area contributed by atoms with Crippen LogP contribution in [0.25, 0.3) is 0 Å². The van der Waals surface area contributed by atoms with Crippen LogP contribution in [0.4, 0.5) is 0 Å². The Kier molecular flexibility index (Phi) is 3.42. The van der Waals surface area contributed by atoms with Gasteiger partial charge >= 0.3 is 0 Å². The molecule has 0 aliphatic heterocycles. The SMILES string of the molecule is CCn1nccc1CNC(C)C1CC2CCC1C2. The van der Waals surface area contributed by atoms with Crippen LogP contribution >= 0.6 is 0 Å². The molecule has 18 heavy (non-hydrogen) atoms. The Balaban J connectivity index is 1.54. The van der Waals surface area contributed by atoms with Crippen molar-refractivity contribution in [1.82, 2.24) is 15.1 Å². The number of rotatable bonds is 5. The molecular formula is C15H25N3. The van der Waals surface area contributed by atoms with Crippen LogP contribution in [0, 0.1) is 17.8 Å². The molecule has 3 heteroatoms. The molecule has 1 heterocycles. The molecule has 2 aliphatic carbocycles. The van der Waals surface area contributed by atoms with E-state index in [-0.39, 0.29) is 0 Å². The maximum Gasteiger partial charge on any atom is 0.0522 e. The zero-order valence-corrected chi connectivity index (χ0v) is 11.6. The standard InChI is InChI=1S/C15H25N3/c1-3-18-14(6-7-17-18)10-16-11(2)15-9-12-4-5-13(15)8-12/h6-7,11-13,15-16H,3-5,8-10H2,1-2H3. The highest BCUT2D eigenvalue weighted by Crippen LogP contribution is 2.49. The lowest BCUT2D eigenvalue weighted by Crippen LogP contribution is -2.36. The van der Waals surface area contributed by atoms with Crippen LogP contribution in [-0.2, 0) is 13.1 Å². The van der Waals surface area contributed by atoms with Gasteiger partial charge in [-0.25, -0.2) is 0 Å². The molecule has 1 N–H and O–H groups in total. The van der Waals surface area contributed by atoms with Gasteiger partial charge in [0.15, 0.2) is 0 Å². The first-order valence-electron chi connectivity index (χ1n) is 7.52. The van der Waals surface area contributed by atoms with Crippen LogP contribution in [-0.4, -0.2) is 15.8 Å². The summed E-state index contributed by atoms with van der Waals surface area (Å²) in [6.07, 6.45) is 7.85. The lowest BCUT2D eigenvalue weighted by molar-refractivity contribution is 0.258. The Morgan fingerprint density at radius 3 is 3.00 bits per heavy atom. The second kappa shape index (κ2) is 5.04. The van der Waals surface area contributed by atoms with Crippen molar-refractivity contribution >= 4 is 0 Å². The molecule has 0 aromatic carbocycles. The molecule has 3 nitrogen and oxygen atoms in total. The van der Waals surface area contributed by atoms with Crippen LogP contribution in [0.3, 0.4) is 0 Å². The molecular weight excluding hydrogens is 222 g/mol. The molecule has 100 valence electrons. The second-order valence-electron chi connectivity index (χ2n) is 6.15. The number of aryl methyl sites for hydroxylation is 1. The fraction of sp³-hybridized carbons (Fsp3) is 0.800. The molecule has 0 spiro atoms. The van der Waals surface area contributed by atoms with Gasteiger partial charge in [-0.15, -0.1) is 0 Å². The molecule has 0 saturated heterocycles. The van der Waals surface area contributed by atoms with Gasteiger partial charge in [0.1, 0.15) is 0 Å². The number of nitrogens with zero attached hydrogens (tertiary/aromatic N) is 2. The summed E-state index contributed by atoms with van der Waals surface area (Å²) in [5.41, 5.74) is 1.31. The van der Waals surface area contributed by atoms with Gasteiger partial charge in [0.05, 0.1) is 5.69 Å². The smallest absolute Gasteiger partial charge is 0.0522 e. The highest BCUT2D eigenvalue weighted by atomic mass is 15.3. The summed E-state index contributed by atoms with van der Waals surface area (Å²) in [4.78, 5) is 0. The third kappa shape index (κ3) is 2.20. The van der Waals surface area contributed by atoms with Crippen molar-refractivity contribution in [2.24, 2.45) is 17.8 Å². The van der Waals surface area contributed by atoms with Crippen LogP contribution in [0.15, 0.2) is 12.3 Å². The average molecular weight is 247 g/mol. The summed E-state index contributed by atoms with van der Waals surface area (Å²) in [6, 6.07) is 2.78. The monoisotopic (exact) mass is 247 g/mol. The molecule has 0 amide bonds. The summed E-state index contributed by atoms with van der Waals surface area (Å²) < 4.78 is 2.08. The van der Waals surface area contributed by atoms with Gasteiger partial charge in [-0.1, -0.05) is 6.42 Å². The molecule has 3 rings (SSSR count). The van der Waals surface area contributed by atoms with Crippen molar-refractivity contribution in [2.45, 2.75) is 58.7 Å². The van der Waals surface area contributed by atoms with Crippen molar-refractivity contribution in [1.29, 1.82) is 0 Å². The van der Waals surface area contributed by atoms with Crippen molar-refractivity contribution < 1.29 is 0 Å². The van der Waals surface area contributed by atoms with E-state index in [9.17, 15) is 0 Å². The number of hydrogen-bond acceptors (Lipinski definition) is 2. The number of nitrogens with one attached hydrogen (secondary N) is 1. The van der Waals surface area contributed by atoms with Crippen molar-refractivity contribution in [3.05, 3.63) is 18.0 Å². The second-order valence-corrected chi connectivity index (χ2v) is 6.15. The minimum absolute atomic E-state index is 0.653. The van der Waals surface area contributed by atoms with Gasteiger partial charge in [-0.3, -0.25) is 4.68 Å². The van der Waals surface area contributed by atoms with Gasteiger partial charge < -0.3 is 5.32 Å². The Hall–Kier alpha value is -0.830. The topological polar surface area (TPSA) is 29.9 Å². The first-order chi connectivity index (χ1) is 8.78. The summed E-state index contributed by atoms with van der Waals surface area (Å²) in [7, 11) is 0. The van der Waals surface area contributed by atoms with E-state index in [0.717, 1.165) is 30.8 Å². The van der Waals surface area contributed by atoms with Gasteiger partial charge in [-0.05, 0) is 56.9 Å². The molecule has 2 aliphatic rings. The van der Waals surface area contributed by atoms with Crippen LogP contribution in [0.2, 0.25) is 0 Å². The van der Waals surface area contributed by atoms with E-state index in [1.54, 1.807) is 0 Å². The van der Waals surface area contributed by atoms with Gasteiger partial charge in [0, 0.05) is 25.3 Å². The van der Waals surface area contributed by atoms with Crippen molar-refractivity contribution in [3.63, 3.8) is 0 Å². The van der Waals surface area contributed by atoms with Crippen LogP contribution < -0.4 is 5.32 Å². The van der Waals surface area contributed by atoms with E-state index in [1.165, 1.54) is 31.4 Å². The maximum absolute atomic E-state index is 4.32.